The van der Waals surface area contributed by atoms with Crippen molar-refractivity contribution in [1.82, 2.24) is 5.32 Å². The van der Waals surface area contributed by atoms with E-state index < -0.39 is 0 Å². The van der Waals surface area contributed by atoms with E-state index in [0.717, 1.165) is 11.1 Å². The number of hydrogen-bond acceptors (Lipinski definition) is 5. The standard InChI is InChI=1S/C19H18N2O4/c22-11-13-3-1-12(2-4-13)9-19(25)21-18-8-7-16(20-18)15-6-5-14(23)10-17(15)24/h1-7,10,22-24H,8-9,11H2,(H,20,21,25). The molecular formula is C19H18N2O4. The summed E-state index contributed by atoms with van der Waals surface area (Å²) in [4.78, 5) is 16.5. The van der Waals surface area contributed by atoms with Gasteiger partial charge in [-0.3, -0.25) is 4.79 Å². The van der Waals surface area contributed by atoms with E-state index in [1.807, 2.05) is 0 Å². The molecule has 1 aliphatic heterocycles. The Morgan fingerprint density at radius 2 is 1.80 bits per heavy atom. The Bertz CT molecular complexity index is 854. The van der Waals surface area contributed by atoms with E-state index in [1.165, 1.54) is 12.1 Å². The molecule has 6 nitrogen and oxygen atoms in total. The minimum absolute atomic E-state index is 0.0235. The Hall–Kier alpha value is -3.12. The molecular weight excluding hydrogens is 320 g/mol. The number of nitrogens with zero attached hydrogens (tertiary/aromatic N) is 1. The fourth-order valence-electron chi connectivity index (χ4n) is 2.57. The average molecular weight is 338 g/mol. The van der Waals surface area contributed by atoms with Crippen LogP contribution in [0, 0.1) is 0 Å². The summed E-state index contributed by atoms with van der Waals surface area (Å²) in [5.41, 5.74) is 2.70. The number of benzene rings is 2. The van der Waals surface area contributed by atoms with Gasteiger partial charge in [0.2, 0.25) is 5.91 Å². The van der Waals surface area contributed by atoms with E-state index in [1.54, 1.807) is 36.4 Å². The maximum absolute atomic E-state index is 12.1. The SMILES string of the molecule is O=C(Cc1ccc(CO)cc1)NC1=NC(c2ccc(O)cc2O)=CC1. The minimum Gasteiger partial charge on any atom is -0.508 e. The largest absolute Gasteiger partial charge is 0.508 e. The fourth-order valence-corrected chi connectivity index (χ4v) is 2.57. The molecule has 128 valence electrons. The van der Waals surface area contributed by atoms with Gasteiger partial charge in [0.05, 0.1) is 18.7 Å². The number of amides is 1. The van der Waals surface area contributed by atoms with Gasteiger partial charge in [-0.05, 0) is 23.3 Å². The number of phenolic OH excluding ortho intramolecular Hbond substituents is 2. The highest BCUT2D eigenvalue weighted by atomic mass is 16.3. The molecule has 1 amide bonds. The number of carbonyl (C=O) groups is 1. The number of aliphatic imine (C=N–C) groups is 1. The maximum atomic E-state index is 12.1. The molecule has 0 saturated heterocycles. The molecule has 0 aliphatic carbocycles. The van der Waals surface area contributed by atoms with Gasteiger partial charge >= 0.3 is 0 Å². The number of aliphatic hydroxyl groups is 1. The maximum Gasteiger partial charge on any atom is 0.229 e. The van der Waals surface area contributed by atoms with E-state index >= 15 is 0 Å². The third-order valence-electron chi connectivity index (χ3n) is 3.86. The predicted octanol–water partition coefficient (Wildman–Crippen LogP) is 2.09. The molecule has 0 bridgehead atoms. The quantitative estimate of drug-likeness (QED) is 0.685. The summed E-state index contributed by atoms with van der Waals surface area (Å²) < 4.78 is 0. The van der Waals surface area contributed by atoms with E-state index in [9.17, 15) is 15.0 Å². The van der Waals surface area contributed by atoms with Crippen molar-refractivity contribution in [3.05, 3.63) is 65.2 Å². The van der Waals surface area contributed by atoms with Gasteiger partial charge in [-0.2, -0.15) is 0 Å². The van der Waals surface area contributed by atoms with E-state index in [4.69, 9.17) is 5.11 Å². The second kappa shape index (κ2) is 7.19. The Balaban J connectivity index is 1.62. The van der Waals surface area contributed by atoms with Crippen LogP contribution in [0.4, 0.5) is 0 Å². The molecule has 3 rings (SSSR count). The van der Waals surface area contributed by atoms with Gasteiger partial charge in [0.25, 0.3) is 0 Å². The molecule has 1 aliphatic rings. The second-order valence-electron chi connectivity index (χ2n) is 5.75. The number of rotatable bonds is 4. The van der Waals surface area contributed by atoms with Crippen LogP contribution in [0.3, 0.4) is 0 Å². The van der Waals surface area contributed by atoms with Crippen LogP contribution < -0.4 is 5.32 Å². The highest BCUT2D eigenvalue weighted by Gasteiger charge is 2.16. The van der Waals surface area contributed by atoms with Crippen LogP contribution in [0.15, 0.2) is 53.5 Å². The summed E-state index contributed by atoms with van der Waals surface area (Å²) in [5.74, 6) is 0.246. The van der Waals surface area contributed by atoms with Gasteiger partial charge in [-0.1, -0.05) is 30.3 Å². The van der Waals surface area contributed by atoms with Crippen molar-refractivity contribution < 1.29 is 20.1 Å². The summed E-state index contributed by atoms with van der Waals surface area (Å²) in [6, 6.07) is 11.5. The molecule has 0 radical (unpaired) electrons. The van der Waals surface area contributed by atoms with Crippen LogP contribution in [0.1, 0.15) is 23.1 Å². The van der Waals surface area contributed by atoms with Crippen molar-refractivity contribution in [1.29, 1.82) is 0 Å². The lowest BCUT2D eigenvalue weighted by atomic mass is 10.1. The summed E-state index contributed by atoms with van der Waals surface area (Å²) in [7, 11) is 0. The molecule has 0 spiro atoms. The smallest absolute Gasteiger partial charge is 0.229 e. The predicted molar refractivity (Wildman–Crippen MR) is 94.0 cm³/mol. The second-order valence-corrected chi connectivity index (χ2v) is 5.75. The average Bonchev–Trinajstić information content (AvgIpc) is 3.03. The lowest BCUT2D eigenvalue weighted by Gasteiger charge is -2.06. The van der Waals surface area contributed by atoms with Gasteiger partial charge < -0.3 is 20.6 Å². The number of amidine groups is 1. The zero-order valence-corrected chi connectivity index (χ0v) is 13.4. The van der Waals surface area contributed by atoms with Gasteiger partial charge in [0.15, 0.2) is 0 Å². The van der Waals surface area contributed by atoms with Gasteiger partial charge in [0.1, 0.15) is 17.3 Å². The molecule has 25 heavy (non-hydrogen) atoms. The van der Waals surface area contributed by atoms with Crippen LogP contribution in [0.5, 0.6) is 11.5 Å². The van der Waals surface area contributed by atoms with Crippen molar-refractivity contribution in [3.8, 4) is 11.5 Å². The molecule has 1 heterocycles. The van der Waals surface area contributed by atoms with Crippen LogP contribution in [0.25, 0.3) is 5.70 Å². The van der Waals surface area contributed by atoms with Crippen LogP contribution >= 0.6 is 0 Å². The number of aliphatic hydroxyl groups excluding tert-OH is 1. The van der Waals surface area contributed by atoms with Crippen LogP contribution in [0.2, 0.25) is 0 Å². The van der Waals surface area contributed by atoms with Crippen LogP contribution in [-0.4, -0.2) is 27.1 Å². The Morgan fingerprint density at radius 1 is 1.08 bits per heavy atom. The molecule has 0 fully saturated rings. The molecule has 0 unspecified atom stereocenters. The zero-order chi connectivity index (χ0) is 17.8. The van der Waals surface area contributed by atoms with E-state index in [-0.39, 0.29) is 30.4 Å². The van der Waals surface area contributed by atoms with Crippen molar-refractivity contribution in [2.75, 3.05) is 0 Å². The van der Waals surface area contributed by atoms with Gasteiger partial charge in [-0.25, -0.2) is 4.99 Å². The highest BCUT2D eigenvalue weighted by molar-refractivity contribution is 6.04. The third-order valence-corrected chi connectivity index (χ3v) is 3.86. The van der Waals surface area contributed by atoms with Crippen molar-refractivity contribution >= 4 is 17.4 Å². The van der Waals surface area contributed by atoms with Crippen LogP contribution in [-0.2, 0) is 17.8 Å². The number of nitrogens with one attached hydrogen (secondary N) is 1. The Labute approximate surface area is 144 Å². The summed E-state index contributed by atoms with van der Waals surface area (Å²) in [6.45, 7) is -0.0260. The normalized spacial score (nSPS) is 13.3. The number of phenols is 2. The molecule has 2 aromatic rings. The van der Waals surface area contributed by atoms with E-state index in [2.05, 4.69) is 10.3 Å². The highest BCUT2D eigenvalue weighted by Crippen LogP contribution is 2.31. The first-order valence-corrected chi connectivity index (χ1v) is 7.84. The monoisotopic (exact) mass is 338 g/mol. The zero-order valence-electron chi connectivity index (χ0n) is 13.4. The molecule has 6 heteroatoms. The van der Waals surface area contributed by atoms with Crippen molar-refractivity contribution in [3.63, 3.8) is 0 Å². The molecule has 0 saturated carbocycles. The summed E-state index contributed by atoms with van der Waals surface area (Å²) >= 11 is 0. The van der Waals surface area contributed by atoms with E-state index in [0.29, 0.717) is 23.5 Å². The number of carbonyl (C=O) groups excluding carboxylic acids is 1. The topological polar surface area (TPSA) is 102 Å². The lowest BCUT2D eigenvalue weighted by Crippen LogP contribution is -2.30. The van der Waals surface area contributed by atoms with Crippen molar-refractivity contribution in [2.45, 2.75) is 19.4 Å². The first-order chi connectivity index (χ1) is 12.0. The lowest BCUT2D eigenvalue weighted by molar-refractivity contribution is -0.119. The molecule has 0 aromatic heterocycles. The molecule has 0 atom stereocenters. The minimum atomic E-state index is -0.180. The van der Waals surface area contributed by atoms with Gasteiger partial charge in [0, 0.05) is 18.1 Å². The van der Waals surface area contributed by atoms with Crippen molar-refractivity contribution in [2.24, 2.45) is 4.99 Å². The molecule has 2 aromatic carbocycles. The summed E-state index contributed by atoms with van der Waals surface area (Å²) in [5, 5.41) is 31.0. The molecule has 4 N–H and O–H groups in total. The first kappa shape index (κ1) is 16.7. The third kappa shape index (κ3) is 4.05. The number of aromatic hydroxyl groups is 2. The Kier molecular flexibility index (Phi) is 4.81. The summed E-state index contributed by atoms with van der Waals surface area (Å²) in [6.07, 6.45) is 2.48. The van der Waals surface area contributed by atoms with Gasteiger partial charge in [-0.15, -0.1) is 0 Å². The number of hydrogen-bond donors (Lipinski definition) is 4. The fraction of sp³-hybridized carbons (Fsp3) is 0.158. The Morgan fingerprint density at radius 3 is 2.48 bits per heavy atom. The first-order valence-electron chi connectivity index (χ1n) is 7.84.